The Kier molecular flexibility index (Phi) is 5.58. The molecule has 5 N–H and O–H groups in total. The van der Waals surface area contributed by atoms with Crippen molar-refractivity contribution in [2.45, 2.75) is 44.2 Å². The number of rotatable bonds is 4. The summed E-state index contributed by atoms with van der Waals surface area (Å²) in [5.74, 6) is 0.359. The van der Waals surface area contributed by atoms with Gasteiger partial charge in [0.05, 0.1) is 18.1 Å². The third-order valence-electron chi connectivity index (χ3n) is 8.54. The Morgan fingerprint density at radius 3 is 2.82 bits per heavy atom. The highest BCUT2D eigenvalue weighted by Gasteiger charge is 2.49. The van der Waals surface area contributed by atoms with E-state index in [0.717, 1.165) is 50.0 Å². The maximum absolute atomic E-state index is 13.3. The van der Waals surface area contributed by atoms with Crippen LogP contribution in [0.4, 0.5) is 5.69 Å². The first-order valence-corrected chi connectivity index (χ1v) is 12.7. The molecule has 3 aromatic rings. The van der Waals surface area contributed by atoms with Gasteiger partial charge in [-0.25, -0.2) is 0 Å². The Bertz CT molecular complexity index is 1190. The smallest absolute Gasteiger partial charge is 0.226 e. The first-order valence-electron chi connectivity index (χ1n) is 12.7. The normalized spacial score (nSPS) is 28.7. The highest BCUT2D eigenvalue weighted by atomic mass is 16.3. The molecule has 1 aromatic heterocycles. The third-order valence-corrected chi connectivity index (χ3v) is 8.54. The lowest BCUT2D eigenvalue weighted by atomic mass is 9.64. The fourth-order valence-corrected chi connectivity index (χ4v) is 6.84. The predicted octanol–water partition coefficient (Wildman–Crippen LogP) is 3.42. The largest absolute Gasteiger partial charge is 0.399 e. The summed E-state index contributed by atoms with van der Waals surface area (Å²) in [6.07, 6.45) is 3.92. The fraction of sp³-hybridized carbons (Fsp3) is 0.464. The van der Waals surface area contributed by atoms with Crippen LogP contribution in [0.15, 0.2) is 48.5 Å². The van der Waals surface area contributed by atoms with Crippen molar-refractivity contribution in [3.05, 3.63) is 65.4 Å². The van der Waals surface area contributed by atoms with Crippen molar-refractivity contribution in [2.75, 3.05) is 25.4 Å². The Hall–Kier alpha value is -2.83. The molecule has 3 heterocycles. The average molecular weight is 459 g/mol. The predicted molar refractivity (Wildman–Crippen MR) is 134 cm³/mol. The summed E-state index contributed by atoms with van der Waals surface area (Å²) in [4.78, 5) is 19.7. The molecule has 2 aromatic carbocycles. The summed E-state index contributed by atoms with van der Waals surface area (Å²) >= 11 is 0. The Labute approximate surface area is 200 Å². The molecule has 2 fully saturated rings. The van der Waals surface area contributed by atoms with Gasteiger partial charge in [-0.2, -0.15) is 0 Å². The van der Waals surface area contributed by atoms with Crippen molar-refractivity contribution in [3.8, 4) is 0 Å². The minimum atomic E-state index is -0.560. The molecule has 1 aliphatic carbocycles. The number of hydrogen-bond acceptors (Lipinski definition) is 4. The van der Waals surface area contributed by atoms with Gasteiger partial charge in [0.15, 0.2) is 0 Å². The maximum atomic E-state index is 13.3. The van der Waals surface area contributed by atoms with Crippen LogP contribution in [0.3, 0.4) is 0 Å². The lowest BCUT2D eigenvalue weighted by Gasteiger charge is -2.51. The molecule has 5 atom stereocenters. The van der Waals surface area contributed by atoms with Gasteiger partial charge >= 0.3 is 0 Å². The van der Waals surface area contributed by atoms with Crippen LogP contribution in [0.25, 0.3) is 10.9 Å². The average Bonchev–Trinajstić information content (AvgIpc) is 3.23. The highest BCUT2D eigenvalue weighted by Crippen LogP contribution is 2.49. The van der Waals surface area contributed by atoms with Crippen LogP contribution in [-0.4, -0.2) is 46.6 Å². The van der Waals surface area contributed by atoms with Gasteiger partial charge in [-0.1, -0.05) is 30.3 Å². The van der Waals surface area contributed by atoms with Gasteiger partial charge in [-0.05, 0) is 73.3 Å². The van der Waals surface area contributed by atoms with Gasteiger partial charge in [0.25, 0.3) is 0 Å². The standard InChI is InChI=1S/C28H34N4O2/c29-19-8-5-17(6-9-19)11-13-30-28(34)26-22-15-24-27-21(20-3-1-2-4-23(20)31-27)12-14-32(24)16-18(22)7-10-25(26)33/h1-6,8-9,18,22,24-26,31,33H,7,10-16,29H2,(H,30,34)/t18-,22+,24+,25+,26+/m1/s1. The second-order valence-corrected chi connectivity index (χ2v) is 10.4. The highest BCUT2D eigenvalue weighted by molar-refractivity contribution is 5.85. The second-order valence-electron chi connectivity index (χ2n) is 10.4. The van der Waals surface area contributed by atoms with E-state index in [1.54, 1.807) is 0 Å². The number of amides is 1. The summed E-state index contributed by atoms with van der Waals surface area (Å²) in [5, 5.41) is 15.4. The number of H-pyrrole nitrogens is 1. The van der Waals surface area contributed by atoms with E-state index < -0.39 is 6.10 Å². The lowest BCUT2D eigenvalue weighted by Crippen LogP contribution is -2.55. The van der Waals surface area contributed by atoms with Gasteiger partial charge in [-0.15, -0.1) is 0 Å². The molecule has 34 heavy (non-hydrogen) atoms. The molecule has 3 aliphatic rings. The molecular weight excluding hydrogens is 424 g/mol. The molecule has 0 bridgehead atoms. The molecule has 178 valence electrons. The number of nitrogen functional groups attached to an aromatic ring is 1. The van der Waals surface area contributed by atoms with Crippen molar-refractivity contribution in [3.63, 3.8) is 0 Å². The number of fused-ring (bicyclic) bond motifs is 6. The van der Waals surface area contributed by atoms with Crippen LogP contribution in [0.1, 0.15) is 42.1 Å². The number of para-hydroxylation sites is 1. The Morgan fingerprint density at radius 2 is 1.97 bits per heavy atom. The van der Waals surface area contributed by atoms with Gasteiger partial charge < -0.3 is 21.1 Å². The molecule has 2 aliphatic heterocycles. The Morgan fingerprint density at radius 1 is 1.15 bits per heavy atom. The number of aromatic amines is 1. The lowest BCUT2D eigenvalue weighted by molar-refractivity contribution is -0.139. The topological polar surface area (TPSA) is 94.4 Å². The quantitative estimate of drug-likeness (QED) is 0.451. The zero-order valence-corrected chi connectivity index (χ0v) is 19.5. The van der Waals surface area contributed by atoms with Crippen molar-refractivity contribution in [2.24, 2.45) is 17.8 Å². The SMILES string of the molecule is Nc1ccc(CCNC(=O)[C@H]2[C@H]3C[C@H]4c5[nH]c6ccccc6c5CCN4C[C@H]3CC[C@@H]2O)cc1. The molecule has 0 radical (unpaired) electrons. The molecule has 1 amide bonds. The third kappa shape index (κ3) is 3.79. The van der Waals surface area contributed by atoms with Gasteiger partial charge in [0.2, 0.25) is 5.91 Å². The van der Waals surface area contributed by atoms with E-state index in [4.69, 9.17) is 5.73 Å². The van der Waals surface area contributed by atoms with Crippen LogP contribution < -0.4 is 11.1 Å². The summed E-state index contributed by atoms with van der Waals surface area (Å²) in [7, 11) is 0. The molecule has 6 heteroatoms. The number of aliphatic hydroxyl groups is 1. The van der Waals surface area contributed by atoms with Crippen LogP contribution in [0.2, 0.25) is 0 Å². The molecule has 6 rings (SSSR count). The number of piperidine rings is 1. The van der Waals surface area contributed by atoms with E-state index in [0.29, 0.717) is 24.9 Å². The van der Waals surface area contributed by atoms with Crippen LogP contribution in [-0.2, 0) is 17.6 Å². The number of hydrogen-bond donors (Lipinski definition) is 4. The number of carbonyl (C=O) groups is 1. The number of aromatic nitrogens is 1. The molecule has 0 spiro atoms. The van der Waals surface area contributed by atoms with E-state index in [9.17, 15) is 9.90 Å². The number of nitrogens with one attached hydrogen (secondary N) is 2. The molecule has 6 nitrogen and oxygen atoms in total. The van der Waals surface area contributed by atoms with E-state index >= 15 is 0 Å². The van der Waals surface area contributed by atoms with Crippen LogP contribution in [0, 0.1) is 17.8 Å². The number of anilines is 1. The van der Waals surface area contributed by atoms with E-state index in [1.807, 2.05) is 24.3 Å². The molecule has 0 unspecified atom stereocenters. The summed E-state index contributed by atoms with van der Waals surface area (Å²) in [5.41, 5.74) is 11.6. The minimum Gasteiger partial charge on any atom is -0.399 e. The second kappa shape index (κ2) is 8.75. The zero-order valence-electron chi connectivity index (χ0n) is 19.5. The minimum absolute atomic E-state index is 0.0128. The van der Waals surface area contributed by atoms with Crippen molar-refractivity contribution < 1.29 is 9.90 Å². The number of nitrogens with zero attached hydrogens (tertiary/aromatic N) is 1. The number of nitrogens with two attached hydrogens (primary N) is 1. The van der Waals surface area contributed by atoms with E-state index in [1.165, 1.54) is 22.2 Å². The van der Waals surface area contributed by atoms with E-state index in [2.05, 4.69) is 39.5 Å². The van der Waals surface area contributed by atoms with Crippen LogP contribution >= 0.6 is 0 Å². The number of carbonyl (C=O) groups excluding carboxylic acids is 1. The monoisotopic (exact) mass is 458 g/mol. The summed E-state index contributed by atoms with van der Waals surface area (Å²) in [6, 6.07) is 16.7. The first kappa shape index (κ1) is 21.7. The first-order chi connectivity index (χ1) is 16.6. The van der Waals surface area contributed by atoms with Crippen molar-refractivity contribution in [1.82, 2.24) is 15.2 Å². The summed E-state index contributed by atoms with van der Waals surface area (Å²) < 4.78 is 0. The molecular formula is C28H34N4O2. The summed E-state index contributed by atoms with van der Waals surface area (Å²) in [6.45, 7) is 2.67. The van der Waals surface area contributed by atoms with Gasteiger partial charge in [0.1, 0.15) is 0 Å². The fourth-order valence-electron chi connectivity index (χ4n) is 6.84. The Balaban J connectivity index is 1.20. The zero-order chi connectivity index (χ0) is 23.2. The maximum Gasteiger partial charge on any atom is 0.226 e. The van der Waals surface area contributed by atoms with Crippen molar-refractivity contribution in [1.29, 1.82) is 0 Å². The van der Waals surface area contributed by atoms with Crippen LogP contribution in [0.5, 0.6) is 0 Å². The number of aliphatic hydroxyl groups excluding tert-OH is 1. The van der Waals surface area contributed by atoms with Gasteiger partial charge in [-0.3, -0.25) is 9.69 Å². The molecule has 1 saturated heterocycles. The van der Waals surface area contributed by atoms with E-state index in [-0.39, 0.29) is 17.7 Å². The van der Waals surface area contributed by atoms with Gasteiger partial charge in [0, 0.05) is 41.9 Å². The van der Waals surface area contributed by atoms with Crippen molar-refractivity contribution >= 4 is 22.5 Å². The number of benzene rings is 2. The molecule has 1 saturated carbocycles.